The molecule has 2 rings (SSSR count). The number of rotatable bonds is 3. The summed E-state index contributed by atoms with van der Waals surface area (Å²) in [6, 6.07) is 9.87. The molecule has 4 nitrogen and oxygen atoms in total. The largest absolute Gasteiger partial charge is 0.336 e. The van der Waals surface area contributed by atoms with Crippen LogP contribution in [0, 0.1) is 18.3 Å². The lowest BCUT2D eigenvalue weighted by molar-refractivity contribution is 0.0639. The third kappa shape index (κ3) is 3.33. The quantitative estimate of drug-likeness (QED) is 0.827. The van der Waals surface area contributed by atoms with Crippen LogP contribution < -0.4 is 0 Å². The highest BCUT2D eigenvalue weighted by molar-refractivity contribution is 5.95. The van der Waals surface area contributed by atoms with Crippen LogP contribution in [-0.4, -0.2) is 48.4 Å². The fraction of sp³-hybridized carbons (Fsp3) is 0.467. The lowest BCUT2D eigenvalue weighted by Gasteiger charge is -2.34. The van der Waals surface area contributed by atoms with Crippen molar-refractivity contribution in [3.05, 3.63) is 35.4 Å². The smallest absolute Gasteiger partial charge is 0.254 e. The van der Waals surface area contributed by atoms with Crippen LogP contribution in [0.4, 0.5) is 0 Å². The minimum Gasteiger partial charge on any atom is -0.336 e. The van der Waals surface area contributed by atoms with Crippen molar-refractivity contribution in [2.24, 2.45) is 0 Å². The second-order valence-electron chi connectivity index (χ2n) is 4.86. The number of nitrogens with zero attached hydrogens (tertiary/aromatic N) is 3. The number of amides is 1. The van der Waals surface area contributed by atoms with Gasteiger partial charge in [0.05, 0.1) is 6.07 Å². The van der Waals surface area contributed by atoms with Gasteiger partial charge in [-0.2, -0.15) is 5.26 Å². The average Bonchev–Trinajstić information content (AvgIpc) is 2.45. The lowest BCUT2D eigenvalue weighted by atomic mass is 10.1. The molecule has 0 spiro atoms. The van der Waals surface area contributed by atoms with Gasteiger partial charge in [-0.25, -0.2) is 0 Å². The molecule has 0 saturated carbocycles. The zero-order chi connectivity index (χ0) is 13.7. The monoisotopic (exact) mass is 257 g/mol. The zero-order valence-corrected chi connectivity index (χ0v) is 11.3. The van der Waals surface area contributed by atoms with Crippen LogP contribution in [0.2, 0.25) is 0 Å². The predicted octanol–water partition coefficient (Wildman–Crippen LogP) is 1.67. The van der Waals surface area contributed by atoms with E-state index in [0.29, 0.717) is 6.42 Å². The van der Waals surface area contributed by atoms with Crippen LogP contribution in [0.3, 0.4) is 0 Å². The summed E-state index contributed by atoms with van der Waals surface area (Å²) in [5, 5.41) is 8.58. The van der Waals surface area contributed by atoms with Crippen molar-refractivity contribution in [2.75, 3.05) is 32.7 Å². The molecule has 100 valence electrons. The fourth-order valence-electron chi connectivity index (χ4n) is 2.37. The van der Waals surface area contributed by atoms with Crippen molar-refractivity contribution in [1.82, 2.24) is 9.80 Å². The van der Waals surface area contributed by atoms with Crippen LogP contribution in [-0.2, 0) is 0 Å². The van der Waals surface area contributed by atoms with Crippen LogP contribution in [0.1, 0.15) is 22.3 Å². The summed E-state index contributed by atoms with van der Waals surface area (Å²) in [5.74, 6) is 0.123. The average molecular weight is 257 g/mol. The molecule has 0 bridgehead atoms. The van der Waals surface area contributed by atoms with E-state index >= 15 is 0 Å². The topological polar surface area (TPSA) is 47.3 Å². The predicted molar refractivity (Wildman–Crippen MR) is 73.8 cm³/mol. The van der Waals surface area contributed by atoms with Gasteiger partial charge >= 0.3 is 0 Å². The van der Waals surface area contributed by atoms with Crippen molar-refractivity contribution in [1.29, 1.82) is 5.26 Å². The third-order valence-corrected chi connectivity index (χ3v) is 3.57. The van der Waals surface area contributed by atoms with Gasteiger partial charge in [-0.3, -0.25) is 9.69 Å². The highest BCUT2D eigenvalue weighted by atomic mass is 16.2. The van der Waals surface area contributed by atoms with Gasteiger partial charge in [-0.05, 0) is 18.6 Å². The molecule has 4 heteroatoms. The number of carbonyl (C=O) groups is 1. The maximum Gasteiger partial charge on any atom is 0.254 e. The summed E-state index contributed by atoms with van der Waals surface area (Å²) in [6.07, 6.45) is 0.561. The van der Waals surface area contributed by atoms with Crippen LogP contribution >= 0.6 is 0 Å². The van der Waals surface area contributed by atoms with E-state index in [1.807, 2.05) is 36.1 Å². The highest BCUT2D eigenvalue weighted by Gasteiger charge is 2.22. The van der Waals surface area contributed by atoms with E-state index in [2.05, 4.69) is 11.0 Å². The molecule has 1 fully saturated rings. The van der Waals surface area contributed by atoms with Gasteiger partial charge < -0.3 is 4.90 Å². The number of benzene rings is 1. The lowest BCUT2D eigenvalue weighted by Crippen LogP contribution is -2.48. The number of carbonyl (C=O) groups excluding carboxylic acids is 1. The Morgan fingerprint density at radius 2 is 1.95 bits per heavy atom. The summed E-state index contributed by atoms with van der Waals surface area (Å²) < 4.78 is 0. The Morgan fingerprint density at radius 3 is 2.58 bits per heavy atom. The highest BCUT2D eigenvalue weighted by Crippen LogP contribution is 2.12. The minimum atomic E-state index is 0.123. The van der Waals surface area contributed by atoms with Gasteiger partial charge in [-0.15, -0.1) is 0 Å². The molecule has 0 N–H and O–H groups in total. The maximum atomic E-state index is 12.4. The second kappa shape index (κ2) is 6.35. The summed E-state index contributed by atoms with van der Waals surface area (Å²) in [5.41, 5.74) is 1.83. The van der Waals surface area contributed by atoms with E-state index in [1.54, 1.807) is 0 Å². The van der Waals surface area contributed by atoms with Crippen molar-refractivity contribution in [2.45, 2.75) is 13.3 Å². The minimum absolute atomic E-state index is 0.123. The molecule has 1 aliphatic heterocycles. The van der Waals surface area contributed by atoms with Gasteiger partial charge in [0.1, 0.15) is 0 Å². The molecule has 1 aromatic rings. The van der Waals surface area contributed by atoms with Crippen LogP contribution in [0.15, 0.2) is 24.3 Å². The first-order valence-electron chi connectivity index (χ1n) is 6.66. The Balaban J connectivity index is 1.93. The standard InChI is InChI=1S/C15H19N3O/c1-13-5-2-3-6-14(13)15(19)18-11-9-17(10-12-18)8-4-7-16/h2-3,5-6H,4,8-12H2,1H3. The Kier molecular flexibility index (Phi) is 4.53. The van der Waals surface area contributed by atoms with E-state index in [1.165, 1.54) is 0 Å². The number of hydrogen-bond donors (Lipinski definition) is 0. The van der Waals surface area contributed by atoms with Gasteiger partial charge in [-0.1, -0.05) is 18.2 Å². The van der Waals surface area contributed by atoms with Gasteiger partial charge in [0.15, 0.2) is 0 Å². The van der Waals surface area contributed by atoms with Gasteiger partial charge in [0, 0.05) is 44.7 Å². The summed E-state index contributed by atoms with van der Waals surface area (Å²) in [6.45, 7) is 6.00. The fourth-order valence-corrected chi connectivity index (χ4v) is 2.37. The Labute approximate surface area is 114 Å². The number of hydrogen-bond acceptors (Lipinski definition) is 3. The first-order valence-corrected chi connectivity index (χ1v) is 6.66. The van der Waals surface area contributed by atoms with E-state index in [-0.39, 0.29) is 5.91 Å². The van der Waals surface area contributed by atoms with Gasteiger partial charge in [0.2, 0.25) is 0 Å². The molecule has 0 aliphatic carbocycles. The first kappa shape index (κ1) is 13.6. The molecular weight excluding hydrogens is 238 g/mol. The molecule has 0 radical (unpaired) electrons. The van der Waals surface area contributed by atoms with Crippen LogP contribution in [0.5, 0.6) is 0 Å². The van der Waals surface area contributed by atoms with Crippen molar-refractivity contribution < 1.29 is 4.79 Å². The zero-order valence-electron chi connectivity index (χ0n) is 11.3. The molecule has 1 heterocycles. The second-order valence-corrected chi connectivity index (χ2v) is 4.86. The number of nitriles is 1. The van der Waals surface area contributed by atoms with Crippen molar-refractivity contribution in [3.63, 3.8) is 0 Å². The van der Waals surface area contributed by atoms with E-state index in [0.717, 1.165) is 43.9 Å². The molecular formula is C15H19N3O. The van der Waals surface area contributed by atoms with E-state index in [4.69, 9.17) is 5.26 Å². The molecule has 1 amide bonds. The van der Waals surface area contributed by atoms with E-state index in [9.17, 15) is 4.79 Å². The summed E-state index contributed by atoms with van der Waals surface area (Å²) in [4.78, 5) is 16.5. The third-order valence-electron chi connectivity index (χ3n) is 3.57. The molecule has 0 aromatic heterocycles. The number of aryl methyl sites for hydroxylation is 1. The normalized spacial score (nSPS) is 16.1. The Bertz CT molecular complexity index is 484. The Hall–Kier alpha value is -1.86. The summed E-state index contributed by atoms with van der Waals surface area (Å²) in [7, 11) is 0. The maximum absolute atomic E-state index is 12.4. The van der Waals surface area contributed by atoms with E-state index < -0.39 is 0 Å². The molecule has 0 unspecified atom stereocenters. The number of piperazine rings is 1. The van der Waals surface area contributed by atoms with Crippen molar-refractivity contribution in [3.8, 4) is 6.07 Å². The molecule has 0 atom stereocenters. The molecule has 1 saturated heterocycles. The first-order chi connectivity index (χ1) is 9.22. The Morgan fingerprint density at radius 1 is 1.26 bits per heavy atom. The molecule has 1 aromatic carbocycles. The molecule has 1 aliphatic rings. The molecule has 19 heavy (non-hydrogen) atoms. The summed E-state index contributed by atoms with van der Waals surface area (Å²) >= 11 is 0. The van der Waals surface area contributed by atoms with Crippen molar-refractivity contribution >= 4 is 5.91 Å². The van der Waals surface area contributed by atoms with Gasteiger partial charge in [0.25, 0.3) is 5.91 Å². The van der Waals surface area contributed by atoms with Crippen LogP contribution in [0.25, 0.3) is 0 Å². The SMILES string of the molecule is Cc1ccccc1C(=O)N1CCN(CCC#N)CC1.